The minimum Gasteiger partial charge on any atom is -0.293 e. The summed E-state index contributed by atoms with van der Waals surface area (Å²) >= 11 is 3.22. The number of halogens is 1. The Balaban J connectivity index is 2.60. The number of Topliss-reactive ketones (excluding diaryl/α,β-unsaturated/α-hetero) is 1. The number of rotatable bonds is 0. The maximum atomic E-state index is 11.6. The van der Waals surface area contributed by atoms with Crippen LogP contribution in [0.25, 0.3) is 0 Å². The van der Waals surface area contributed by atoms with Crippen molar-refractivity contribution in [3.63, 3.8) is 0 Å². The summed E-state index contributed by atoms with van der Waals surface area (Å²) in [5, 5.41) is 0. The van der Waals surface area contributed by atoms with Crippen molar-refractivity contribution >= 4 is 32.5 Å². The fourth-order valence-electron chi connectivity index (χ4n) is 1.34. The number of carbonyl (C=O) groups excluding carboxylic acids is 1. The Morgan fingerprint density at radius 2 is 2.08 bits per heavy atom. The number of carbonyl (C=O) groups is 1. The zero-order chi connectivity index (χ0) is 9.42. The zero-order valence-corrected chi connectivity index (χ0v) is 9.10. The number of alkyl halides is 1. The molecule has 0 spiro atoms. The Labute approximate surface area is 86.9 Å². The van der Waals surface area contributed by atoms with E-state index in [0.717, 1.165) is 0 Å². The molecule has 0 N–H and O–H groups in total. The summed E-state index contributed by atoms with van der Waals surface area (Å²) in [4.78, 5) is 12.0. The highest BCUT2D eigenvalue weighted by molar-refractivity contribution is 9.10. The third kappa shape index (κ3) is 1.48. The molecule has 0 amide bonds. The second-order valence-corrected chi connectivity index (χ2v) is 5.41. The molecule has 0 fully saturated rings. The first kappa shape index (κ1) is 9.09. The smallest absolute Gasteiger partial charge is 0.178 e. The molecule has 2 rings (SSSR count). The fourth-order valence-corrected chi connectivity index (χ4v) is 3.54. The van der Waals surface area contributed by atoms with Crippen molar-refractivity contribution in [1.82, 2.24) is 0 Å². The first-order valence-corrected chi connectivity index (χ1v) is 6.09. The SMILES string of the molecule is O=C1c2ccccc2S(=O)CC1Br. The second-order valence-electron chi connectivity index (χ2n) is 2.84. The molecule has 68 valence electrons. The van der Waals surface area contributed by atoms with Crippen LogP contribution in [0.5, 0.6) is 0 Å². The quantitative estimate of drug-likeness (QED) is 0.665. The van der Waals surface area contributed by atoms with E-state index in [0.29, 0.717) is 16.2 Å². The van der Waals surface area contributed by atoms with Gasteiger partial charge in [0.05, 0.1) is 15.6 Å². The zero-order valence-electron chi connectivity index (χ0n) is 6.70. The van der Waals surface area contributed by atoms with Crippen LogP contribution < -0.4 is 0 Å². The Morgan fingerprint density at radius 1 is 1.38 bits per heavy atom. The van der Waals surface area contributed by atoms with Crippen molar-refractivity contribution in [2.24, 2.45) is 0 Å². The molecular weight excluding hydrogens is 252 g/mol. The molecule has 1 aromatic rings. The molecule has 2 atom stereocenters. The van der Waals surface area contributed by atoms with Crippen LogP contribution in [0.3, 0.4) is 0 Å². The number of ketones is 1. The summed E-state index contributed by atoms with van der Waals surface area (Å²) in [7, 11) is -1.03. The molecule has 13 heavy (non-hydrogen) atoms. The molecule has 0 aromatic heterocycles. The van der Waals surface area contributed by atoms with Crippen molar-refractivity contribution in [2.75, 3.05) is 5.75 Å². The monoisotopic (exact) mass is 258 g/mol. The van der Waals surface area contributed by atoms with E-state index >= 15 is 0 Å². The predicted molar refractivity (Wildman–Crippen MR) is 54.8 cm³/mol. The van der Waals surface area contributed by atoms with Crippen molar-refractivity contribution in [1.29, 1.82) is 0 Å². The lowest BCUT2D eigenvalue weighted by atomic mass is 10.1. The van der Waals surface area contributed by atoms with E-state index < -0.39 is 10.8 Å². The number of hydrogen-bond donors (Lipinski definition) is 0. The highest BCUT2D eigenvalue weighted by atomic mass is 79.9. The summed E-state index contributed by atoms with van der Waals surface area (Å²) in [5.41, 5.74) is 0.592. The van der Waals surface area contributed by atoms with Crippen LogP contribution in [0, 0.1) is 0 Å². The van der Waals surface area contributed by atoms with E-state index in [4.69, 9.17) is 0 Å². The molecule has 4 heteroatoms. The maximum absolute atomic E-state index is 11.6. The maximum Gasteiger partial charge on any atom is 0.178 e. The van der Waals surface area contributed by atoms with Crippen LogP contribution in [-0.2, 0) is 10.8 Å². The molecule has 1 aromatic carbocycles. The lowest BCUT2D eigenvalue weighted by Gasteiger charge is -2.17. The molecule has 1 aliphatic rings. The Hall–Kier alpha value is -0.480. The van der Waals surface area contributed by atoms with Crippen molar-refractivity contribution in [2.45, 2.75) is 9.72 Å². The third-order valence-electron chi connectivity index (χ3n) is 1.98. The van der Waals surface area contributed by atoms with Crippen molar-refractivity contribution < 1.29 is 9.00 Å². The summed E-state index contributed by atoms with van der Waals surface area (Å²) in [6.07, 6.45) is 0. The molecule has 0 saturated heterocycles. The summed E-state index contributed by atoms with van der Waals surface area (Å²) in [6, 6.07) is 7.07. The minimum atomic E-state index is -1.03. The molecule has 2 unspecified atom stereocenters. The van der Waals surface area contributed by atoms with Crippen LogP contribution in [0.4, 0.5) is 0 Å². The Morgan fingerprint density at radius 3 is 2.85 bits per heavy atom. The summed E-state index contributed by atoms with van der Waals surface area (Å²) < 4.78 is 11.6. The normalized spacial score (nSPS) is 27.0. The third-order valence-corrected chi connectivity index (χ3v) is 4.63. The van der Waals surface area contributed by atoms with Gasteiger partial charge in [0.15, 0.2) is 5.78 Å². The minimum absolute atomic E-state index is 0.0372. The summed E-state index contributed by atoms with van der Waals surface area (Å²) in [5.74, 6) is 0.422. The van der Waals surface area contributed by atoms with Crippen LogP contribution in [0.15, 0.2) is 29.2 Å². The fraction of sp³-hybridized carbons (Fsp3) is 0.222. The molecular formula is C9H7BrO2S. The van der Waals surface area contributed by atoms with E-state index in [-0.39, 0.29) is 10.6 Å². The highest BCUT2D eigenvalue weighted by Gasteiger charge is 2.29. The molecule has 0 saturated carbocycles. The van der Waals surface area contributed by atoms with E-state index in [2.05, 4.69) is 15.9 Å². The van der Waals surface area contributed by atoms with Gasteiger partial charge in [0, 0.05) is 16.2 Å². The largest absolute Gasteiger partial charge is 0.293 e. The number of fused-ring (bicyclic) bond motifs is 1. The first-order chi connectivity index (χ1) is 6.20. The van der Waals surface area contributed by atoms with E-state index in [1.807, 2.05) is 0 Å². The molecule has 0 bridgehead atoms. The second kappa shape index (κ2) is 3.35. The van der Waals surface area contributed by atoms with Gasteiger partial charge in [-0.2, -0.15) is 0 Å². The first-order valence-electron chi connectivity index (χ1n) is 3.86. The Bertz CT molecular complexity index is 389. The van der Waals surface area contributed by atoms with E-state index in [1.165, 1.54) is 0 Å². The molecule has 0 aliphatic carbocycles. The van der Waals surface area contributed by atoms with Gasteiger partial charge in [0.25, 0.3) is 0 Å². The number of benzene rings is 1. The average molecular weight is 259 g/mol. The highest BCUT2D eigenvalue weighted by Crippen LogP contribution is 2.25. The van der Waals surface area contributed by atoms with Gasteiger partial charge in [0.2, 0.25) is 0 Å². The van der Waals surface area contributed by atoms with Gasteiger partial charge in [-0.15, -0.1) is 0 Å². The van der Waals surface area contributed by atoms with Gasteiger partial charge in [-0.1, -0.05) is 34.1 Å². The van der Waals surface area contributed by atoms with Gasteiger partial charge < -0.3 is 0 Å². The standard InChI is InChI=1S/C9H7BrO2S/c10-7-5-13(12)8-4-2-1-3-6(8)9(7)11/h1-4,7H,5H2. The van der Waals surface area contributed by atoms with Crippen molar-refractivity contribution in [3.8, 4) is 0 Å². The van der Waals surface area contributed by atoms with Gasteiger partial charge in [-0.05, 0) is 6.07 Å². The van der Waals surface area contributed by atoms with Crippen LogP contribution >= 0.6 is 15.9 Å². The average Bonchev–Trinajstić information content (AvgIpc) is 2.15. The lowest BCUT2D eigenvalue weighted by molar-refractivity contribution is 0.0991. The lowest BCUT2D eigenvalue weighted by Crippen LogP contribution is -2.28. The molecule has 1 aliphatic heterocycles. The van der Waals surface area contributed by atoms with Gasteiger partial charge >= 0.3 is 0 Å². The van der Waals surface area contributed by atoms with E-state index in [1.54, 1.807) is 24.3 Å². The van der Waals surface area contributed by atoms with E-state index in [9.17, 15) is 9.00 Å². The van der Waals surface area contributed by atoms with Crippen molar-refractivity contribution in [3.05, 3.63) is 29.8 Å². The Kier molecular flexibility index (Phi) is 2.34. The van der Waals surface area contributed by atoms with Gasteiger partial charge in [-0.25, -0.2) is 0 Å². The van der Waals surface area contributed by atoms with Crippen LogP contribution in [-0.4, -0.2) is 20.6 Å². The van der Waals surface area contributed by atoms with Gasteiger partial charge in [0.1, 0.15) is 0 Å². The number of hydrogen-bond acceptors (Lipinski definition) is 2. The molecule has 2 nitrogen and oxygen atoms in total. The van der Waals surface area contributed by atoms with Gasteiger partial charge in [-0.3, -0.25) is 9.00 Å². The topological polar surface area (TPSA) is 34.1 Å². The van der Waals surface area contributed by atoms with Crippen LogP contribution in [0.2, 0.25) is 0 Å². The molecule has 1 heterocycles. The van der Waals surface area contributed by atoms with Crippen LogP contribution in [0.1, 0.15) is 10.4 Å². The summed E-state index contributed by atoms with van der Waals surface area (Å²) in [6.45, 7) is 0. The molecule has 0 radical (unpaired) electrons. The predicted octanol–water partition coefficient (Wildman–Crippen LogP) is 1.75.